The van der Waals surface area contributed by atoms with E-state index in [1.807, 2.05) is 6.92 Å². The Hall–Kier alpha value is -1.39. The molecule has 4 heteroatoms. The van der Waals surface area contributed by atoms with Crippen LogP contribution in [0.25, 0.3) is 0 Å². The monoisotopic (exact) mass is 387 g/mol. The van der Waals surface area contributed by atoms with Crippen LogP contribution in [0.4, 0.5) is 0 Å². The second kappa shape index (κ2) is 7.79. The third kappa shape index (κ3) is 4.60. The van der Waals surface area contributed by atoms with Crippen molar-refractivity contribution >= 4 is 5.97 Å². The molecule has 5 rings (SSSR count). The summed E-state index contributed by atoms with van der Waals surface area (Å²) in [4.78, 5) is 10.9. The van der Waals surface area contributed by atoms with E-state index in [-0.39, 0.29) is 11.1 Å². The summed E-state index contributed by atoms with van der Waals surface area (Å²) in [6, 6.07) is 6.60. The Labute approximate surface area is 169 Å². The Morgan fingerprint density at radius 1 is 1.14 bits per heavy atom. The van der Waals surface area contributed by atoms with Crippen molar-refractivity contribution in [3.63, 3.8) is 0 Å². The lowest BCUT2D eigenvalue weighted by Crippen LogP contribution is -2.62. The van der Waals surface area contributed by atoms with Gasteiger partial charge in [0.25, 0.3) is 0 Å². The quantitative estimate of drug-likeness (QED) is 0.640. The normalized spacial score (nSPS) is 36.5. The summed E-state index contributed by atoms with van der Waals surface area (Å²) in [6.45, 7) is 6.98. The first-order valence-corrected chi connectivity index (χ1v) is 10.9. The summed E-state index contributed by atoms with van der Waals surface area (Å²) in [5.74, 6) is -0.0302. The van der Waals surface area contributed by atoms with Gasteiger partial charge >= 0.3 is 5.97 Å². The molecule has 4 aliphatic rings. The lowest BCUT2D eigenvalue weighted by Gasteiger charge is -2.64. The van der Waals surface area contributed by atoms with Gasteiger partial charge in [-0.3, -0.25) is 0 Å². The number of aliphatic hydroxyl groups is 1. The van der Waals surface area contributed by atoms with Gasteiger partial charge < -0.3 is 15.9 Å². The number of carboxylic acid groups (broad SMARTS) is 1. The molecule has 1 aromatic rings. The van der Waals surface area contributed by atoms with Crippen LogP contribution in [0.15, 0.2) is 24.3 Å². The van der Waals surface area contributed by atoms with Crippen LogP contribution in [0.2, 0.25) is 0 Å². The maximum absolute atomic E-state index is 10.9. The molecular weight excluding hydrogens is 350 g/mol. The topological polar surface area (TPSA) is 83.5 Å². The predicted molar refractivity (Wildman–Crippen MR) is 112 cm³/mol. The van der Waals surface area contributed by atoms with Gasteiger partial charge in [0, 0.05) is 5.54 Å². The van der Waals surface area contributed by atoms with Crippen molar-refractivity contribution in [1.82, 2.24) is 0 Å². The Morgan fingerprint density at radius 3 is 2.25 bits per heavy atom. The fourth-order valence-electron chi connectivity index (χ4n) is 7.07. The molecule has 4 saturated carbocycles. The first-order valence-electron chi connectivity index (χ1n) is 10.9. The van der Waals surface area contributed by atoms with E-state index >= 15 is 0 Å². The lowest BCUT2D eigenvalue weighted by molar-refractivity contribution is -0.104. The molecule has 4 bridgehead atoms. The van der Waals surface area contributed by atoms with E-state index in [0.717, 1.165) is 18.8 Å². The van der Waals surface area contributed by atoms with E-state index in [9.17, 15) is 9.90 Å². The molecule has 0 saturated heterocycles. The van der Waals surface area contributed by atoms with Gasteiger partial charge in [0.1, 0.15) is 0 Å². The molecule has 4 nitrogen and oxygen atoms in total. The van der Waals surface area contributed by atoms with Crippen LogP contribution < -0.4 is 5.73 Å². The molecule has 28 heavy (non-hydrogen) atoms. The van der Waals surface area contributed by atoms with Crippen LogP contribution in [-0.2, 0) is 0 Å². The molecule has 4 fully saturated rings. The minimum atomic E-state index is -0.985. The van der Waals surface area contributed by atoms with E-state index in [1.54, 1.807) is 18.2 Å². The summed E-state index contributed by atoms with van der Waals surface area (Å²) in [5, 5.41) is 18.7. The minimum Gasteiger partial charge on any atom is -0.478 e. The number of carbonyl (C=O) groups is 1. The SMILES string of the molecule is CC12CC3CC(C)(C1)CC(N)(C3)C2.CCCCC(O)c1ccccc1C(=O)O. The van der Waals surface area contributed by atoms with Gasteiger partial charge in [-0.2, -0.15) is 0 Å². The van der Waals surface area contributed by atoms with Gasteiger partial charge in [-0.25, -0.2) is 4.79 Å². The molecule has 0 aliphatic heterocycles. The third-order valence-electron chi connectivity index (χ3n) is 7.05. The van der Waals surface area contributed by atoms with Gasteiger partial charge in [-0.15, -0.1) is 0 Å². The first kappa shape index (κ1) is 21.3. The molecule has 0 radical (unpaired) electrons. The molecule has 4 N–H and O–H groups in total. The fraction of sp³-hybridized carbons (Fsp3) is 0.708. The lowest BCUT2D eigenvalue weighted by atomic mass is 9.43. The highest BCUT2D eigenvalue weighted by Crippen LogP contribution is 2.65. The number of carboxylic acids is 1. The smallest absolute Gasteiger partial charge is 0.336 e. The van der Waals surface area contributed by atoms with Crippen molar-refractivity contribution < 1.29 is 15.0 Å². The van der Waals surface area contributed by atoms with Crippen LogP contribution >= 0.6 is 0 Å². The first-order chi connectivity index (χ1) is 13.1. The van der Waals surface area contributed by atoms with E-state index in [1.165, 1.54) is 44.6 Å². The van der Waals surface area contributed by atoms with Crippen molar-refractivity contribution in [2.24, 2.45) is 22.5 Å². The maximum atomic E-state index is 10.9. The molecule has 4 aliphatic carbocycles. The minimum absolute atomic E-state index is 0.195. The van der Waals surface area contributed by atoms with E-state index in [4.69, 9.17) is 10.8 Å². The van der Waals surface area contributed by atoms with Crippen molar-refractivity contribution in [3.05, 3.63) is 35.4 Å². The molecule has 3 atom stereocenters. The van der Waals surface area contributed by atoms with Gasteiger partial charge in [0.05, 0.1) is 11.7 Å². The molecule has 1 aromatic carbocycles. The van der Waals surface area contributed by atoms with Gasteiger partial charge in [0.2, 0.25) is 0 Å². The summed E-state index contributed by atoms with van der Waals surface area (Å²) in [6.07, 6.45) is 10.1. The van der Waals surface area contributed by atoms with E-state index in [2.05, 4.69) is 13.8 Å². The standard InChI is InChI=1S/C12H21N.C12H16O3/c1-10-3-9-4-11(2,6-10)8-12(13,5-9)7-10;1-2-3-8-11(13)9-6-4-5-7-10(9)12(14)15/h9H,3-8,13H2,1-2H3;4-7,11,13H,2-3,8H2,1H3,(H,14,15). The van der Waals surface area contributed by atoms with Crippen LogP contribution in [0.3, 0.4) is 0 Å². The number of aromatic carboxylic acids is 1. The van der Waals surface area contributed by atoms with Crippen molar-refractivity contribution in [2.45, 2.75) is 90.2 Å². The number of aliphatic hydroxyl groups excluding tert-OH is 1. The second-order valence-corrected chi connectivity index (χ2v) is 10.5. The zero-order chi connectivity index (χ0) is 20.6. The number of rotatable bonds is 5. The zero-order valence-corrected chi connectivity index (χ0v) is 17.7. The number of unbranched alkanes of at least 4 members (excludes halogenated alkanes) is 1. The Balaban J connectivity index is 0.000000162. The summed E-state index contributed by atoms with van der Waals surface area (Å²) >= 11 is 0. The van der Waals surface area contributed by atoms with E-state index < -0.39 is 12.1 Å². The Bertz CT molecular complexity index is 665. The summed E-state index contributed by atoms with van der Waals surface area (Å²) in [5.41, 5.74) is 8.62. The highest BCUT2D eigenvalue weighted by Gasteiger charge is 2.58. The molecule has 3 unspecified atom stereocenters. The Kier molecular flexibility index (Phi) is 5.94. The highest BCUT2D eigenvalue weighted by molar-refractivity contribution is 5.89. The molecule has 0 aromatic heterocycles. The zero-order valence-electron chi connectivity index (χ0n) is 17.7. The van der Waals surface area contributed by atoms with Gasteiger partial charge in [0.15, 0.2) is 0 Å². The predicted octanol–water partition coefficient (Wildman–Crippen LogP) is 5.30. The average Bonchev–Trinajstić information content (AvgIpc) is 2.56. The second-order valence-electron chi connectivity index (χ2n) is 10.5. The molecule has 0 amide bonds. The van der Waals surface area contributed by atoms with Crippen LogP contribution in [0, 0.1) is 16.7 Å². The molecule has 0 heterocycles. The van der Waals surface area contributed by atoms with Gasteiger partial charge in [-0.05, 0) is 73.3 Å². The number of hydrogen-bond donors (Lipinski definition) is 3. The van der Waals surface area contributed by atoms with Gasteiger partial charge in [-0.1, -0.05) is 51.8 Å². The number of benzene rings is 1. The van der Waals surface area contributed by atoms with Crippen molar-refractivity contribution in [3.8, 4) is 0 Å². The Morgan fingerprint density at radius 2 is 1.75 bits per heavy atom. The van der Waals surface area contributed by atoms with Crippen LogP contribution in [0.1, 0.15) is 101 Å². The number of nitrogens with two attached hydrogens (primary N) is 1. The highest BCUT2D eigenvalue weighted by atomic mass is 16.4. The van der Waals surface area contributed by atoms with Crippen LogP contribution in [-0.4, -0.2) is 21.7 Å². The maximum Gasteiger partial charge on any atom is 0.336 e. The van der Waals surface area contributed by atoms with Crippen LogP contribution in [0.5, 0.6) is 0 Å². The van der Waals surface area contributed by atoms with Crippen molar-refractivity contribution in [2.75, 3.05) is 0 Å². The third-order valence-corrected chi connectivity index (χ3v) is 7.05. The number of hydrogen-bond acceptors (Lipinski definition) is 3. The molecular formula is C24H37NO3. The molecule has 156 valence electrons. The van der Waals surface area contributed by atoms with Crippen molar-refractivity contribution in [1.29, 1.82) is 0 Å². The van der Waals surface area contributed by atoms with E-state index in [0.29, 0.717) is 22.8 Å². The fourth-order valence-corrected chi connectivity index (χ4v) is 7.07. The summed E-state index contributed by atoms with van der Waals surface area (Å²) in [7, 11) is 0. The average molecular weight is 388 g/mol. The largest absolute Gasteiger partial charge is 0.478 e. The summed E-state index contributed by atoms with van der Waals surface area (Å²) < 4.78 is 0. The molecule has 0 spiro atoms.